The Labute approximate surface area is 201 Å². The van der Waals surface area contributed by atoms with E-state index >= 15 is 0 Å². The smallest absolute Gasteiger partial charge is 0.295 e. The standard InChI is InChI=1S/C26H23N5O4/c1-16-15-30(25(34)17-5-3-2-4-6-17)11-12-31(16)26(35)24(33)20-14-29-22-19(20)9-10-27-23(22)21-8-7-18(32)13-28-21/h2-10,13-14,16,29,32H,11-12,15H2,1H3/t16-/m1/s1. The number of carbonyl (C=O) groups is 3. The molecule has 1 aliphatic rings. The molecule has 3 aromatic heterocycles. The van der Waals surface area contributed by atoms with Gasteiger partial charge >= 0.3 is 0 Å². The number of carbonyl (C=O) groups excluding carboxylic acids is 3. The Bertz CT molecular complexity index is 1410. The topological polar surface area (TPSA) is 119 Å². The van der Waals surface area contributed by atoms with Crippen LogP contribution in [-0.4, -0.2) is 73.1 Å². The van der Waals surface area contributed by atoms with Crippen molar-refractivity contribution < 1.29 is 19.5 Å². The number of nitrogens with zero attached hydrogens (tertiary/aromatic N) is 4. The molecule has 176 valence electrons. The molecule has 1 fully saturated rings. The molecule has 0 radical (unpaired) electrons. The van der Waals surface area contributed by atoms with Gasteiger partial charge in [0.05, 0.1) is 23.0 Å². The van der Waals surface area contributed by atoms with Gasteiger partial charge in [-0.3, -0.25) is 24.4 Å². The fourth-order valence-electron chi connectivity index (χ4n) is 4.42. The number of aromatic hydroxyl groups is 1. The highest BCUT2D eigenvalue weighted by Gasteiger charge is 2.34. The predicted octanol–water partition coefficient (Wildman–Crippen LogP) is 2.89. The van der Waals surface area contributed by atoms with Crippen LogP contribution in [0.1, 0.15) is 27.6 Å². The third kappa shape index (κ3) is 4.12. The summed E-state index contributed by atoms with van der Waals surface area (Å²) in [5, 5.41) is 10.1. The molecule has 0 saturated carbocycles. The third-order valence-electron chi connectivity index (χ3n) is 6.23. The van der Waals surface area contributed by atoms with Crippen molar-refractivity contribution in [3.05, 3.63) is 78.2 Å². The normalized spacial score (nSPS) is 15.9. The van der Waals surface area contributed by atoms with Gasteiger partial charge in [-0.2, -0.15) is 0 Å². The first kappa shape index (κ1) is 22.3. The average Bonchev–Trinajstić information content (AvgIpc) is 3.33. The molecule has 1 saturated heterocycles. The van der Waals surface area contributed by atoms with Crippen LogP contribution in [0.3, 0.4) is 0 Å². The molecular weight excluding hydrogens is 446 g/mol. The number of hydrogen-bond donors (Lipinski definition) is 2. The number of aromatic amines is 1. The summed E-state index contributed by atoms with van der Waals surface area (Å²) in [6.45, 7) is 2.81. The second-order valence-electron chi connectivity index (χ2n) is 8.48. The van der Waals surface area contributed by atoms with Crippen LogP contribution in [0.2, 0.25) is 0 Å². The quantitative estimate of drug-likeness (QED) is 0.350. The van der Waals surface area contributed by atoms with Gasteiger partial charge < -0.3 is 19.9 Å². The van der Waals surface area contributed by atoms with Gasteiger partial charge in [0.1, 0.15) is 11.4 Å². The van der Waals surface area contributed by atoms with Gasteiger partial charge in [-0.05, 0) is 37.3 Å². The summed E-state index contributed by atoms with van der Waals surface area (Å²) in [5.74, 6) is -1.28. The van der Waals surface area contributed by atoms with Crippen molar-refractivity contribution in [2.75, 3.05) is 19.6 Å². The Balaban J connectivity index is 1.35. The number of aromatic nitrogens is 3. The molecule has 1 aliphatic heterocycles. The minimum Gasteiger partial charge on any atom is -0.506 e. The first-order valence-corrected chi connectivity index (χ1v) is 11.2. The molecule has 35 heavy (non-hydrogen) atoms. The molecule has 5 rings (SSSR count). The van der Waals surface area contributed by atoms with Gasteiger partial charge in [0.2, 0.25) is 0 Å². The van der Waals surface area contributed by atoms with E-state index in [0.717, 1.165) is 0 Å². The van der Waals surface area contributed by atoms with Gasteiger partial charge in [-0.1, -0.05) is 18.2 Å². The second-order valence-corrected chi connectivity index (χ2v) is 8.48. The summed E-state index contributed by atoms with van der Waals surface area (Å²) in [7, 11) is 0. The maximum absolute atomic E-state index is 13.2. The molecule has 0 spiro atoms. The van der Waals surface area contributed by atoms with E-state index in [4.69, 9.17) is 0 Å². The van der Waals surface area contributed by atoms with Crippen LogP contribution in [0, 0.1) is 0 Å². The van der Waals surface area contributed by atoms with Crippen LogP contribution in [-0.2, 0) is 4.79 Å². The number of benzene rings is 1. The Morgan fingerprint density at radius 3 is 2.54 bits per heavy atom. The molecule has 0 bridgehead atoms. The fraction of sp³-hybridized carbons (Fsp3) is 0.192. The number of nitrogens with one attached hydrogen (secondary N) is 1. The number of H-pyrrole nitrogens is 1. The van der Waals surface area contributed by atoms with E-state index in [1.807, 2.05) is 25.1 Å². The van der Waals surface area contributed by atoms with Crippen molar-refractivity contribution in [3.63, 3.8) is 0 Å². The third-order valence-corrected chi connectivity index (χ3v) is 6.23. The lowest BCUT2D eigenvalue weighted by atomic mass is 10.1. The fourth-order valence-corrected chi connectivity index (χ4v) is 4.42. The Morgan fingerprint density at radius 2 is 1.83 bits per heavy atom. The zero-order chi connectivity index (χ0) is 24.5. The van der Waals surface area contributed by atoms with Crippen molar-refractivity contribution in [1.82, 2.24) is 24.8 Å². The number of pyridine rings is 2. The van der Waals surface area contributed by atoms with E-state index in [0.29, 0.717) is 40.9 Å². The minimum absolute atomic E-state index is 0.0357. The minimum atomic E-state index is -0.623. The van der Waals surface area contributed by atoms with E-state index < -0.39 is 11.7 Å². The van der Waals surface area contributed by atoms with Crippen LogP contribution >= 0.6 is 0 Å². The molecule has 4 aromatic rings. The number of amides is 2. The largest absolute Gasteiger partial charge is 0.506 e. The molecule has 0 unspecified atom stereocenters. The lowest BCUT2D eigenvalue weighted by Crippen LogP contribution is -2.56. The summed E-state index contributed by atoms with van der Waals surface area (Å²) in [4.78, 5) is 54.0. The van der Waals surface area contributed by atoms with Crippen LogP contribution in [0.4, 0.5) is 0 Å². The maximum Gasteiger partial charge on any atom is 0.295 e. The van der Waals surface area contributed by atoms with E-state index in [2.05, 4.69) is 15.0 Å². The molecule has 0 aliphatic carbocycles. The van der Waals surface area contributed by atoms with E-state index in [9.17, 15) is 19.5 Å². The number of rotatable bonds is 4. The number of hydrogen-bond acceptors (Lipinski definition) is 6. The number of fused-ring (bicyclic) bond motifs is 1. The molecule has 9 heteroatoms. The van der Waals surface area contributed by atoms with Crippen LogP contribution in [0.15, 0.2) is 67.1 Å². The summed E-state index contributed by atoms with van der Waals surface area (Å²) >= 11 is 0. The summed E-state index contributed by atoms with van der Waals surface area (Å²) < 4.78 is 0. The van der Waals surface area contributed by atoms with Crippen molar-refractivity contribution >= 4 is 28.5 Å². The van der Waals surface area contributed by atoms with E-state index in [1.54, 1.807) is 35.4 Å². The molecule has 2 N–H and O–H groups in total. The zero-order valence-corrected chi connectivity index (χ0v) is 19.0. The predicted molar refractivity (Wildman–Crippen MR) is 129 cm³/mol. The van der Waals surface area contributed by atoms with Crippen molar-refractivity contribution in [2.45, 2.75) is 13.0 Å². The first-order valence-electron chi connectivity index (χ1n) is 11.2. The van der Waals surface area contributed by atoms with Crippen molar-refractivity contribution in [1.29, 1.82) is 0 Å². The van der Waals surface area contributed by atoms with Gasteiger partial charge in [0, 0.05) is 49.0 Å². The highest BCUT2D eigenvalue weighted by molar-refractivity contribution is 6.45. The SMILES string of the molecule is C[C@@H]1CN(C(=O)c2ccccc2)CCN1C(=O)C(=O)c1c[nH]c2c(-c3ccc(O)cn3)nccc12. The highest BCUT2D eigenvalue weighted by atomic mass is 16.3. The Kier molecular flexibility index (Phi) is 5.74. The van der Waals surface area contributed by atoms with Crippen molar-refractivity contribution in [3.8, 4) is 17.1 Å². The summed E-state index contributed by atoms with van der Waals surface area (Å²) in [6.07, 6.45) is 4.38. The number of Topliss-reactive ketones (excluding diaryl/α,β-unsaturated/α-hetero) is 1. The molecule has 1 aromatic carbocycles. The van der Waals surface area contributed by atoms with Gasteiger partial charge in [-0.25, -0.2) is 0 Å². The zero-order valence-electron chi connectivity index (χ0n) is 19.0. The van der Waals surface area contributed by atoms with Gasteiger partial charge in [0.15, 0.2) is 0 Å². The van der Waals surface area contributed by atoms with Crippen LogP contribution < -0.4 is 0 Å². The average molecular weight is 470 g/mol. The molecular formula is C26H23N5O4. The number of piperazine rings is 1. The van der Waals surface area contributed by atoms with Crippen LogP contribution in [0.5, 0.6) is 5.75 Å². The molecule has 1 atom stereocenters. The van der Waals surface area contributed by atoms with Gasteiger partial charge in [-0.15, -0.1) is 0 Å². The Hall–Kier alpha value is -4.53. The van der Waals surface area contributed by atoms with Crippen molar-refractivity contribution in [2.24, 2.45) is 0 Å². The summed E-state index contributed by atoms with van der Waals surface area (Å²) in [5.41, 5.74) is 2.46. The molecule has 9 nitrogen and oxygen atoms in total. The van der Waals surface area contributed by atoms with E-state index in [-0.39, 0.29) is 29.8 Å². The lowest BCUT2D eigenvalue weighted by molar-refractivity contribution is -0.130. The summed E-state index contributed by atoms with van der Waals surface area (Å²) in [6, 6.07) is 13.5. The molecule has 4 heterocycles. The highest BCUT2D eigenvalue weighted by Crippen LogP contribution is 2.28. The first-order chi connectivity index (χ1) is 16.9. The molecule has 2 amide bonds. The number of ketones is 1. The Morgan fingerprint density at radius 1 is 1.03 bits per heavy atom. The van der Waals surface area contributed by atoms with E-state index in [1.165, 1.54) is 23.4 Å². The second kappa shape index (κ2) is 9.02. The monoisotopic (exact) mass is 469 g/mol. The van der Waals surface area contributed by atoms with Crippen LogP contribution in [0.25, 0.3) is 22.3 Å². The van der Waals surface area contributed by atoms with Gasteiger partial charge in [0.25, 0.3) is 17.6 Å². The maximum atomic E-state index is 13.2. The lowest BCUT2D eigenvalue weighted by Gasteiger charge is -2.39.